The summed E-state index contributed by atoms with van der Waals surface area (Å²) in [7, 11) is -10.0. The third-order valence-corrected chi connectivity index (χ3v) is 18.3. The summed E-state index contributed by atoms with van der Waals surface area (Å²) in [6.45, 7) is 4.23. The average molecular weight is 1600 g/mol. The second kappa shape index (κ2) is 82.4. The molecule has 0 aliphatic heterocycles. The number of aliphatic hydroxyl groups excluding tert-OH is 1. The van der Waals surface area contributed by atoms with Crippen LogP contribution in [-0.4, -0.2) is 96.7 Å². The topological polar surface area (TPSA) is 237 Å². The molecule has 3 N–H and O–H groups in total. The van der Waals surface area contributed by atoms with Crippen LogP contribution in [0.1, 0.15) is 285 Å². The summed E-state index contributed by atoms with van der Waals surface area (Å²) in [5.74, 6) is -2.37. The van der Waals surface area contributed by atoms with Crippen molar-refractivity contribution < 1.29 is 80.2 Å². The summed E-state index contributed by atoms with van der Waals surface area (Å²) in [6.07, 6.45) is 105. The second-order valence-corrected chi connectivity index (χ2v) is 29.8. The largest absolute Gasteiger partial charge is 0.472 e. The first-order valence-corrected chi connectivity index (χ1v) is 45.0. The molecule has 112 heavy (non-hydrogen) atoms. The van der Waals surface area contributed by atoms with Crippen LogP contribution in [0.5, 0.6) is 0 Å². The number of carbonyl (C=O) groups is 4. The molecule has 0 bridgehead atoms. The van der Waals surface area contributed by atoms with Crippen molar-refractivity contribution in [3.05, 3.63) is 219 Å². The van der Waals surface area contributed by atoms with Crippen molar-refractivity contribution in [3.63, 3.8) is 0 Å². The van der Waals surface area contributed by atoms with E-state index in [1.54, 1.807) is 0 Å². The maximum absolute atomic E-state index is 13.2. The van der Waals surface area contributed by atoms with E-state index < -0.39 is 97.5 Å². The van der Waals surface area contributed by atoms with Gasteiger partial charge in [0.15, 0.2) is 12.2 Å². The van der Waals surface area contributed by atoms with Gasteiger partial charge in [-0.1, -0.05) is 298 Å². The van der Waals surface area contributed by atoms with Crippen molar-refractivity contribution in [2.24, 2.45) is 0 Å². The van der Waals surface area contributed by atoms with E-state index in [2.05, 4.69) is 222 Å². The Morgan fingerprint density at radius 1 is 0.250 bits per heavy atom. The Bertz CT molecular complexity index is 2990. The molecule has 0 spiro atoms. The molecule has 0 saturated heterocycles. The van der Waals surface area contributed by atoms with Gasteiger partial charge in [0.05, 0.1) is 26.4 Å². The van der Waals surface area contributed by atoms with E-state index in [1.165, 1.54) is 0 Å². The second-order valence-electron chi connectivity index (χ2n) is 26.9. The fourth-order valence-corrected chi connectivity index (χ4v) is 11.8. The third kappa shape index (κ3) is 81.4. The molecule has 17 nitrogen and oxygen atoms in total. The monoisotopic (exact) mass is 1600 g/mol. The van der Waals surface area contributed by atoms with Crippen LogP contribution < -0.4 is 0 Å². The van der Waals surface area contributed by atoms with Gasteiger partial charge in [0.25, 0.3) is 0 Å². The molecule has 0 radical (unpaired) electrons. The molecular formula is C93H146O17P2. The van der Waals surface area contributed by atoms with Gasteiger partial charge >= 0.3 is 39.5 Å². The van der Waals surface area contributed by atoms with E-state index in [-0.39, 0.29) is 25.7 Å². The number of esters is 4. The number of ether oxygens (including phenoxy) is 4. The number of rotatable bonds is 76. The van der Waals surface area contributed by atoms with Crippen LogP contribution in [-0.2, 0) is 65.4 Å². The van der Waals surface area contributed by atoms with Gasteiger partial charge in [-0.2, -0.15) is 0 Å². The maximum Gasteiger partial charge on any atom is 0.472 e. The Kier molecular flexibility index (Phi) is 77.5. The van der Waals surface area contributed by atoms with Gasteiger partial charge in [-0.25, -0.2) is 9.13 Å². The van der Waals surface area contributed by atoms with E-state index >= 15 is 0 Å². The zero-order chi connectivity index (χ0) is 81.7. The third-order valence-electron chi connectivity index (χ3n) is 16.4. The number of allylic oxidation sites excluding steroid dienone is 36. The molecule has 0 heterocycles. The van der Waals surface area contributed by atoms with Gasteiger partial charge < -0.3 is 33.8 Å². The Morgan fingerprint density at radius 2 is 0.455 bits per heavy atom. The van der Waals surface area contributed by atoms with Crippen LogP contribution in [0.4, 0.5) is 0 Å². The number of hydrogen-bond donors (Lipinski definition) is 3. The molecule has 5 unspecified atom stereocenters. The van der Waals surface area contributed by atoms with E-state index in [9.17, 15) is 43.2 Å². The Labute approximate surface area is 677 Å². The molecule has 0 aromatic rings. The minimum Gasteiger partial charge on any atom is -0.462 e. The molecule has 0 amide bonds. The lowest BCUT2D eigenvalue weighted by Crippen LogP contribution is -2.30. The van der Waals surface area contributed by atoms with Gasteiger partial charge in [0.1, 0.15) is 19.3 Å². The number of unbranched alkanes of at least 4 members (excludes halogenated alkanes) is 14. The average Bonchev–Trinajstić information content (AvgIpc) is 0.898. The summed E-state index contributed by atoms with van der Waals surface area (Å²) in [6, 6.07) is 0. The van der Waals surface area contributed by atoms with Gasteiger partial charge in [-0.3, -0.25) is 37.3 Å². The summed E-state index contributed by atoms with van der Waals surface area (Å²) < 4.78 is 68.6. The smallest absolute Gasteiger partial charge is 0.462 e. The van der Waals surface area contributed by atoms with Crippen LogP contribution in [0.2, 0.25) is 0 Å². The number of phosphoric ester groups is 2. The standard InChI is InChI=1S/C93H146O17P2/c1-5-9-13-17-21-25-29-33-37-40-43-46-50-53-57-61-65-69-73-77-90(95)103-83-88(109-92(97)79-75-71-67-63-59-55-49-36-32-28-24-20-16-12-8-4)85-107-111(99,100)105-81-87(94)82-106-112(101,102)108-86-89(110-93(98)80-76-72-68-64-60-56-52-48-45-42-39-35-31-27-23-19-15-11-7-3)84-104-91(96)78-74-70-66-62-58-54-51-47-44-41-38-34-30-26-22-18-14-10-6-2/h9-16,21-28,33-39,43-49,53,57,59,63,65,69,87-89,94H,5-8,17-20,29-32,40-42,50-52,54-56,58,60-62,64,66-68,70-86H2,1-4H3,(H,99,100)(H,101,102)/b13-9-,14-10-,15-11-,16-12-,25-21-,26-22-,27-23-,28-24-,37-33-,38-34-,39-35-,46-43-,47-44-,48-45-,49-36-,57-53-,63-59-,69-65-. The summed E-state index contributed by atoms with van der Waals surface area (Å²) in [5.41, 5.74) is 0. The number of phosphoric acid groups is 2. The van der Waals surface area contributed by atoms with Crippen molar-refractivity contribution in [2.75, 3.05) is 39.6 Å². The lowest BCUT2D eigenvalue weighted by Gasteiger charge is -2.21. The van der Waals surface area contributed by atoms with E-state index in [0.717, 1.165) is 193 Å². The van der Waals surface area contributed by atoms with Crippen LogP contribution in [0.15, 0.2) is 219 Å². The van der Waals surface area contributed by atoms with Gasteiger partial charge in [-0.05, 0) is 180 Å². The molecule has 5 atom stereocenters. The van der Waals surface area contributed by atoms with Crippen molar-refractivity contribution in [2.45, 2.75) is 303 Å². The molecule has 630 valence electrons. The van der Waals surface area contributed by atoms with Crippen LogP contribution in [0, 0.1) is 0 Å². The molecule has 0 aromatic carbocycles. The fourth-order valence-electron chi connectivity index (χ4n) is 10.2. The van der Waals surface area contributed by atoms with Crippen LogP contribution in [0.25, 0.3) is 0 Å². The highest BCUT2D eigenvalue weighted by Crippen LogP contribution is 2.45. The first-order valence-electron chi connectivity index (χ1n) is 42.0. The Morgan fingerprint density at radius 3 is 0.741 bits per heavy atom. The summed E-state index contributed by atoms with van der Waals surface area (Å²) in [4.78, 5) is 73.2. The van der Waals surface area contributed by atoms with Crippen molar-refractivity contribution in [1.82, 2.24) is 0 Å². The van der Waals surface area contributed by atoms with Crippen LogP contribution in [0.3, 0.4) is 0 Å². The molecule has 19 heteroatoms. The molecule has 0 aromatic heterocycles. The van der Waals surface area contributed by atoms with Crippen molar-refractivity contribution in [3.8, 4) is 0 Å². The highest BCUT2D eigenvalue weighted by molar-refractivity contribution is 7.47. The quantitative estimate of drug-likeness (QED) is 0.0169. The number of aliphatic hydroxyl groups is 1. The van der Waals surface area contributed by atoms with Gasteiger partial charge in [0.2, 0.25) is 0 Å². The molecule has 0 rings (SSSR count). The van der Waals surface area contributed by atoms with E-state index in [0.29, 0.717) is 38.5 Å². The molecular weight excluding hydrogens is 1450 g/mol. The normalized spacial score (nSPS) is 14.9. The predicted molar refractivity (Wildman–Crippen MR) is 463 cm³/mol. The van der Waals surface area contributed by atoms with E-state index in [1.807, 2.05) is 24.3 Å². The lowest BCUT2D eigenvalue weighted by molar-refractivity contribution is -0.161. The van der Waals surface area contributed by atoms with E-state index in [4.69, 9.17) is 37.0 Å². The first kappa shape index (κ1) is 105. The Hall–Kier alpha value is -6.62. The number of hydrogen-bond acceptors (Lipinski definition) is 15. The van der Waals surface area contributed by atoms with Crippen molar-refractivity contribution >= 4 is 39.5 Å². The first-order chi connectivity index (χ1) is 54.7. The SMILES string of the molecule is CC/C=C\C/C=C\C/C=C\C/C=C\C/C=C\C/C=C\CCC(=O)OCC(COP(=O)(O)OCC(O)COP(=O)(O)OCC(COC(=O)CCCCCCCC/C=C\C/C=C\C/C=C\C/C=C\CC)OC(=O)CCCCCCCC/C=C\C/C=C\C/C=C\C/C=C\CC)OC(=O)CCCC/C=C\C/C=C\C/C=C\C/C=C\CC. The summed E-state index contributed by atoms with van der Waals surface area (Å²) in [5, 5.41) is 10.7. The van der Waals surface area contributed by atoms with Crippen molar-refractivity contribution in [1.29, 1.82) is 0 Å². The highest BCUT2D eigenvalue weighted by atomic mass is 31.2. The maximum atomic E-state index is 13.2. The minimum atomic E-state index is -5.02. The lowest BCUT2D eigenvalue weighted by atomic mass is 10.1. The van der Waals surface area contributed by atoms with Gasteiger partial charge in [0, 0.05) is 25.7 Å². The molecule has 0 fully saturated rings. The zero-order valence-corrected chi connectivity index (χ0v) is 70.8. The molecule has 0 saturated carbocycles. The fraction of sp³-hybridized carbons (Fsp3) is 0.570. The molecule has 0 aliphatic rings. The highest BCUT2D eigenvalue weighted by Gasteiger charge is 2.30. The predicted octanol–water partition coefficient (Wildman–Crippen LogP) is 25.2. The van der Waals surface area contributed by atoms with Gasteiger partial charge in [-0.15, -0.1) is 0 Å². The molecule has 0 aliphatic carbocycles. The Balaban J connectivity index is 5.53. The minimum absolute atomic E-state index is 0.0171. The summed E-state index contributed by atoms with van der Waals surface area (Å²) >= 11 is 0. The number of carbonyl (C=O) groups excluding carboxylic acids is 4. The zero-order valence-electron chi connectivity index (χ0n) is 69.0. The van der Waals surface area contributed by atoms with Crippen LogP contribution >= 0.6 is 15.6 Å².